The zero-order chi connectivity index (χ0) is 21.3. The molecule has 1 aliphatic carbocycles. The lowest BCUT2D eigenvalue weighted by atomic mass is 9.90. The van der Waals surface area contributed by atoms with Gasteiger partial charge in [0.05, 0.1) is 12.3 Å². The normalized spacial score (nSPS) is 23.6. The zero-order valence-corrected chi connectivity index (χ0v) is 18.6. The van der Waals surface area contributed by atoms with Crippen LogP contribution in [0.5, 0.6) is 0 Å². The second-order valence-corrected chi connectivity index (χ2v) is 9.00. The predicted molar refractivity (Wildman–Crippen MR) is 113 cm³/mol. The summed E-state index contributed by atoms with van der Waals surface area (Å²) in [6, 6.07) is 0. The molecule has 1 atom stereocenters. The molecule has 1 saturated carbocycles. The largest absolute Gasteiger partial charge is 0.450 e. The first-order valence-electron chi connectivity index (χ1n) is 11.4. The number of hydrogen-bond acceptors (Lipinski definition) is 5. The Bertz CT molecular complexity index is 776. The highest BCUT2D eigenvalue weighted by Gasteiger charge is 2.59. The van der Waals surface area contributed by atoms with Gasteiger partial charge in [0.1, 0.15) is 0 Å². The molecule has 2 saturated heterocycles. The first-order valence-corrected chi connectivity index (χ1v) is 11.4. The lowest BCUT2D eigenvalue weighted by Gasteiger charge is -2.36. The number of aryl methyl sites for hydroxylation is 2. The Morgan fingerprint density at radius 2 is 1.77 bits per heavy atom. The third-order valence-electron chi connectivity index (χ3n) is 7.22. The zero-order valence-electron chi connectivity index (χ0n) is 18.6. The first-order chi connectivity index (χ1) is 14.5. The lowest BCUT2D eigenvalue weighted by Crippen LogP contribution is -2.51. The average molecular weight is 418 g/mol. The van der Waals surface area contributed by atoms with Crippen LogP contribution in [0.25, 0.3) is 0 Å². The van der Waals surface area contributed by atoms with E-state index in [9.17, 15) is 9.59 Å². The highest BCUT2D eigenvalue weighted by Crippen LogP contribution is 2.60. The van der Waals surface area contributed by atoms with Crippen LogP contribution in [0.1, 0.15) is 44.4 Å². The van der Waals surface area contributed by atoms with Crippen molar-refractivity contribution in [3.63, 3.8) is 0 Å². The maximum absolute atomic E-state index is 13.1. The number of carbonyl (C=O) groups excluding carboxylic acids is 2. The Hall–Kier alpha value is -2.09. The second kappa shape index (κ2) is 8.57. The van der Waals surface area contributed by atoms with E-state index in [0.29, 0.717) is 38.7 Å². The third kappa shape index (κ3) is 4.19. The molecule has 4 rings (SSSR count). The van der Waals surface area contributed by atoms with E-state index >= 15 is 0 Å². The fourth-order valence-electron chi connectivity index (χ4n) is 5.07. The SMILES string of the molecule is CCOC(=O)N1CCN(C(=O)C2CC23CCN(Cc2cn(CC)nc2C)CC3)CC1. The van der Waals surface area contributed by atoms with Crippen LogP contribution in [-0.4, -0.2) is 82.4 Å². The molecule has 0 N–H and O–H groups in total. The van der Waals surface area contributed by atoms with Gasteiger partial charge in [0.25, 0.3) is 0 Å². The fourth-order valence-corrected chi connectivity index (χ4v) is 5.07. The summed E-state index contributed by atoms with van der Waals surface area (Å²) in [4.78, 5) is 31.1. The number of hydrogen-bond donors (Lipinski definition) is 0. The molecule has 2 amide bonds. The van der Waals surface area contributed by atoms with Crippen LogP contribution < -0.4 is 0 Å². The Morgan fingerprint density at radius 3 is 2.37 bits per heavy atom. The molecule has 3 aliphatic rings. The fraction of sp³-hybridized carbons (Fsp3) is 0.773. The highest BCUT2D eigenvalue weighted by molar-refractivity contribution is 5.83. The van der Waals surface area contributed by atoms with Gasteiger partial charge in [-0.05, 0) is 58.5 Å². The molecule has 1 unspecified atom stereocenters. The molecular weight excluding hydrogens is 382 g/mol. The van der Waals surface area contributed by atoms with Crippen LogP contribution in [0.2, 0.25) is 0 Å². The van der Waals surface area contributed by atoms with Gasteiger partial charge >= 0.3 is 6.09 Å². The van der Waals surface area contributed by atoms with Crippen LogP contribution in [-0.2, 0) is 22.6 Å². The van der Waals surface area contributed by atoms with Crippen LogP contribution in [0.4, 0.5) is 4.79 Å². The Labute approximate surface area is 179 Å². The maximum atomic E-state index is 13.1. The van der Waals surface area contributed by atoms with E-state index in [1.807, 2.05) is 16.5 Å². The van der Waals surface area contributed by atoms with Gasteiger partial charge in [0.15, 0.2) is 0 Å². The summed E-state index contributed by atoms with van der Waals surface area (Å²) in [5.74, 6) is 0.477. The van der Waals surface area contributed by atoms with Gasteiger partial charge < -0.3 is 14.5 Å². The van der Waals surface area contributed by atoms with E-state index in [2.05, 4.69) is 30.0 Å². The van der Waals surface area contributed by atoms with Gasteiger partial charge in [0.2, 0.25) is 5.91 Å². The van der Waals surface area contributed by atoms with Crippen LogP contribution in [0.3, 0.4) is 0 Å². The highest BCUT2D eigenvalue weighted by atomic mass is 16.6. The van der Waals surface area contributed by atoms with Crippen molar-refractivity contribution in [2.75, 3.05) is 45.9 Å². The smallest absolute Gasteiger partial charge is 0.409 e. The van der Waals surface area contributed by atoms with Crippen LogP contribution in [0, 0.1) is 18.3 Å². The molecule has 3 heterocycles. The molecule has 1 aromatic heterocycles. The second-order valence-electron chi connectivity index (χ2n) is 9.00. The quantitative estimate of drug-likeness (QED) is 0.734. The van der Waals surface area contributed by atoms with Gasteiger partial charge in [-0.3, -0.25) is 14.4 Å². The molecule has 1 spiro atoms. The van der Waals surface area contributed by atoms with Crippen molar-refractivity contribution in [3.05, 3.63) is 17.5 Å². The van der Waals surface area contributed by atoms with Crippen molar-refractivity contribution in [2.24, 2.45) is 11.3 Å². The summed E-state index contributed by atoms with van der Waals surface area (Å²) in [6.45, 7) is 12.8. The van der Waals surface area contributed by atoms with Gasteiger partial charge in [-0.2, -0.15) is 5.10 Å². The third-order valence-corrected chi connectivity index (χ3v) is 7.22. The Kier molecular flexibility index (Phi) is 6.04. The number of aromatic nitrogens is 2. The Morgan fingerprint density at radius 1 is 1.10 bits per heavy atom. The molecule has 30 heavy (non-hydrogen) atoms. The van der Waals surface area contributed by atoms with Gasteiger partial charge in [-0.25, -0.2) is 4.79 Å². The van der Waals surface area contributed by atoms with Gasteiger partial charge in [-0.1, -0.05) is 0 Å². The molecule has 1 aromatic rings. The summed E-state index contributed by atoms with van der Waals surface area (Å²) in [7, 11) is 0. The minimum Gasteiger partial charge on any atom is -0.450 e. The molecule has 3 fully saturated rings. The Balaban J connectivity index is 1.24. The van der Waals surface area contributed by atoms with E-state index in [1.54, 1.807) is 4.90 Å². The van der Waals surface area contributed by atoms with Gasteiger partial charge in [-0.15, -0.1) is 0 Å². The van der Waals surface area contributed by atoms with Crippen molar-refractivity contribution in [3.8, 4) is 0 Å². The van der Waals surface area contributed by atoms with E-state index in [1.165, 1.54) is 5.56 Å². The molecule has 166 valence electrons. The topological polar surface area (TPSA) is 70.9 Å². The summed E-state index contributed by atoms with van der Waals surface area (Å²) >= 11 is 0. The summed E-state index contributed by atoms with van der Waals surface area (Å²) in [6.07, 6.45) is 5.14. The number of ether oxygens (including phenoxy) is 1. The number of piperidine rings is 1. The van der Waals surface area contributed by atoms with E-state index in [4.69, 9.17) is 4.74 Å². The summed E-state index contributed by atoms with van der Waals surface area (Å²) in [5, 5.41) is 4.56. The number of rotatable bonds is 5. The van der Waals surface area contributed by atoms with Crippen molar-refractivity contribution in [1.29, 1.82) is 0 Å². The van der Waals surface area contributed by atoms with Crippen LogP contribution in [0.15, 0.2) is 6.20 Å². The standard InChI is InChI=1S/C22H35N5O3/c1-4-27-16-18(17(3)23-27)15-24-8-6-22(7-9-24)14-19(22)20(28)25-10-12-26(13-11-25)21(29)30-5-2/h16,19H,4-15H2,1-3H3. The summed E-state index contributed by atoms with van der Waals surface area (Å²) in [5.41, 5.74) is 2.66. The number of carbonyl (C=O) groups is 2. The predicted octanol–water partition coefficient (Wildman–Crippen LogP) is 2.11. The molecule has 0 bridgehead atoms. The number of piperazine rings is 1. The van der Waals surface area contributed by atoms with Gasteiger partial charge in [0, 0.05) is 56.9 Å². The number of nitrogens with zero attached hydrogens (tertiary/aromatic N) is 5. The lowest BCUT2D eigenvalue weighted by molar-refractivity contribution is -0.135. The van der Waals surface area contributed by atoms with Crippen molar-refractivity contribution in [2.45, 2.75) is 53.1 Å². The number of amides is 2. The monoisotopic (exact) mass is 417 g/mol. The van der Waals surface area contributed by atoms with Crippen molar-refractivity contribution >= 4 is 12.0 Å². The molecular formula is C22H35N5O3. The molecule has 8 heteroatoms. The van der Waals surface area contributed by atoms with E-state index < -0.39 is 0 Å². The molecule has 0 aromatic carbocycles. The average Bonchev–Trinajstić information content (AvgIpc) is 3.34. The molecule has 8 nitrogen and oxygen atoms in total. The van der Waals surface area contributed by atoms with Crippen molar-refractivity contribution < 1.29 is 14.3 Å². The number of likely N-dealkylation sites (tertiary alicyclic amines) is 1. The maximum Gasteiger partial charge on any atom is 0.409 e. The molecule has 2 aliphatic heterocycles. The first kappa shape index (κ1) is 21.2. The van der Waals surface area contributed by atoms with E-state index in [-0.39, 0.29) is 17.4 Å². The molecule has 0 radical (unpaired) electrons. The minimum atomic E-state index is -0.264. The van der Waals surface area contributed by atoms with Crippen LogP contribution >= 0.6 is 0 Å². The van der Waals surface area contributed by atoms with Crippen molar-refractivity contribution in [1.82, 2.24) is 24.5 Å². The van der Waals surface area contributed by atoms with E-state index in [0.717, 1.165) is 51.1 Å². The minimum absolute atomic E-state index is 0.179. The summed E-state index contributed by atoms with van der Waals surface area (Å²) < 4.78 is 7.08.